The standard InChI is InChI=1S/C19H18N2O/c1-15-12-17(10-11-20-15)21-14-16-6-5-9-19(13-16)22-18-7-3-2-4-8-18/h2-13H,14H2,1H3,(H,20,21). The zero-order chi connectivity index (χ0) is 15.2. The average Bonchev–Trinajstić information content (AvgIpc) is 2.54. The van der Waals surface area contributed by atoms with Gasteiger partial charge in [-0.25, -0.2) is 0 Å². The molecule has 0 bridgehead atoms. The molecule has 3 aromatic rings. The highest BCUT2D eigenvalue weighted by Crippen LogP contribution is 2.22. The first-order valence-corrected chi connectivity index (χ1v) is 7.28. The summed E-state index contributed by atoms with van der Waals surface area (Å²) in [4.78, 5) is 4.20. The average molecular weight is 290 g/mol. The number of pyridine rings is 1. The molecule has 0 saturated carbocycles. The van der Waals surface area contributed by atoms with Gasteiger partial charge in [0.1, 0.15) is 11.5 Å². The van der Waals surface area contributed by atoms with E-state index in [-0.39, 0.29) is 0 Å². The molecule has 1 heterocycles. The minimum absolute atomic E-state index is 0.745. The van der Waals surface area contributed by atoms with Crippen LogP contribution in [0.4, 0.5) is 5.69 Å². The Morgan fingerprint density at radius 3 is 2.55 bits per heavy atom. The van der Waals surface area contributed by atoms with Crippen molar-refractivity contribution in [3.63, 3.8) is 0 Å². The molecule has 3 nitrogen and oxygen atoms in total. The first kappa shape index (κ1) is 14.1. The van der Waals surface area contributed by atoms with Gasteiger partial charge in [-0.05, 0) is 48.9 Å². The fourth-order valence-electron chi connectivity index (χ4n) is 2.20. The summed E-state index contributed by atoms with van der Waals surface area (Å²) in [6.45, 7) is 2.73. The van der Waals surface area contributed by atoms with Gasteiger partial charge in [-0.1, -0.05) is 30.3 Å². The minimum atomic E-state index is 0.745. The number of para-hydroxylation sites is 1. The second-order valence-electron chi connectivity index (χ2n) is 5.10. The first-order valence-electron chi connectivity index (χ1n) is 7.28. The third-order valence-corrected chi connectivity index (χ3v) is 3.27. The first-order chi connectivity index (χ1) is 10.8. The summed E-state index contributed by atoms with van der Waals surface area (Å²) in [5.41, 5.74) is 3.25. The van der Waals surface area contributed by atoms with Crippen LogP contribution in [0.2, 0.25) is 0 Å². The molecule has 0 radical (unpaired) electrons. The SMILES string of the molecule is Cc1cc(NCc2cccc(Oc3ccccc3)c2)ccn1. The van der Waals surface area contributed by atoms with E-state index in [1.165, 1.54) is 5.56 Å². The van der Waals surface area contributed by atoms with E-state index in [4.69, 9.17) is 4.74 Å². The minimum Gasteiger partial charge on any atom is -0.457 e. The van der Waals surface area contributed by atoms with Crippen LogP contribution in [0.5, 0.6) is 11.5 Å². The summed E-state index contributed by atoms with van der Waals surface area (Å²) in [6, 6.07) is 21.9. The van der Waals surface area contributed by atoms with Gasteiger partial charge in [-0.3, -0.25) is 4.98 Å². The maximum Gasteiger partial charge on any atom is 0.127 e. The van der Waals surface area contributed by atoms with Gasteiger partial charge in [0, 0.05) is 24.1 Å². The topological polar surface area (TPSA) is 34.1 Å². The Hall–Kier alpha value is -2.81. The lowest BCUT2D eigenvalue weighted by atomic mass is 10.2. The van der Waals surface area contributed by atoms with Gasteiger partial charge in [-0.2, -0.15) is 0 Å². The highest BCUT2D eigenvalue weighted by molar-refractivity contribution is 5.44. The molecule has 0 spiro atoms. The van der Waals surface area contributed by atoms with Crippen molar-refractivity contribution in [3.05, 3.63) is 84.2 Å². The second-order valence-corrected chi connectivity index (χ2v) is 5.10. The number of aryl methyl sites for hydroxylation is 1. The van der Waals surface area contributed by atoms with Gasteiger partial charge in [-0.15, -0.1) is 0 Å². The number of hydrogen-bond acceptors (Lipinski definition) is 3. The van der Waals surface area contributed by atoms with Crippen molar-refractivity contribution in [2.45, 2.75) is 13.5 Å². The van der Waals surface area contributed by atoms with E-state index >= 15 is 0 Å². The monoisotopic (exact) mass is 290 g/mol. The van der Waals surface area contributed by atoms with Crippen LogP contribution in [0.3, 0.4) is 0 Å². The van der Waals surface area contributed by atoms with Crippen LogP contribution in [0.15, 0.2) is 72.9 Å². The predicted molar refractivity (Wildman–Crippen MR) is 89.3 cm³/mol. The Balaban J connectivity index is 1.66. The van der Waals surface area contributed by atoms with Crippen LogP contribution in [-0.2, 0) is 6.54 Å². The van der Waals surface area contributed by atoms with Crippen molar-refractivity contribution in [3.8, 4) is 11.5 Å². The van der Waals surface area contributed by atoms with E-state index in [0.29, 0.717) is 0 Å². The molecule has 0 aliphatic carbocycles. The van der Waals surface area contributed by atoms with E-state index in [0.717, 1.165) is 29.4 Å². The quantitative estimate of drug-likeness (QED) is 0.733. The zero-order valence-corrected chi connectivity index (χ0v) is 12.5. The van der Waals surface area contributed by atoms with E-state index < -0.39 is 0 Å². The molecular weight excluding hydrogens is 272 g/mol. The maximum atomic E-state index is 5.85. The maximum absolute atomic E-state index is 5.85. The van der Waals surface area contributed by atoms with E-state index in [1.807, 2.05) is 73.8 Å². The number of anilines is 1. The molecule has 3 rings (SSSR count). The van der Waals surface area contributed by atoms with Crippen LogP contribution < -0.4 is 10.1 Å². The van der Waals surface area contributed by atoms with Crippen molar-refractivity contribution in [1.82, 2.24) is 4.98 Å². The molecule has 2 aromatic carbocycles. The Morgan fingerprint density at radius 1 is 0.909 bits per heavy atom. The number of rotatable bonds is 5. The Bertz CT molecular complexity index is 741. The van der Waals surface area contributed by atoms with Gasteiger partial charge in [0.25, 0.3) is 0 Å². The Kier molecular flexibility index (Phi) is 4.35. The van der Waals surface area contributed by atoms with Crippen molar-refractivity contribution >= 4 is 5.69 Å². The molecule has 0 amide bonds. The largest absolute Gasteiger partial charge is 0.457 e. The lowest BCUT2D eigenvalue weighted by Crippen LogP contribution is -2.00. The number of nitrogens with zero attached hydrogens (tertiary/aromatic N) is 1. The van der Waals surface area contributed by atoms with E-state index in [1.54, 1.807) is 0 Å². The fourth-order valence-corrected chi connectivity index (χ4v) is 2.20. The van der Waals surface area contributed by atoms with Gasteiger partial charge in [0.15, 0.2) is 0 Å². The van der Waals surface area contributed by atoms with Crippen LogP contribution in [0.1, 0.15) is 11.3 Å². The van der Waals surface area contributed by atoms with Crippen molar-refractivity contribution in [2.24, 2.45) is 0 Å². The van der Waals surface area contributed by atoms with Gasteiger partial charge in [0.05, 0.1) is 0 Å². The van der Waals surface area contributed by atoms with Gasteiger partial charge >= 0.3 is 0 Å². The molecule has 0 saturated heterocycles. The van der Waals surface area contributed by atoms with Crippen LogP contribution in [-0.4, -0.2) is 4.98 Å². The summed E-state index contributed by atoms with van der Waals surface area (Å²) < 4.78 is 5.85. The third-order valence-electron chi connectivity index (χ3n) is 3.27. The second kappa shape index (κ2) is 6.76. The summed E-state index contributed by atoms with van der Waals surface area (Å²) in [6.07, 6.45) is 1.81. The lowest BCUT2D eigenvalue weighted by Gasteiger charge is -2.09. The number of hydrogen-bond donors (Lipinski definition) is 1. The van der Waals surface area contributed by atoms with E-state index in [2.05, 4.69) is 16.4 Å². The predicted octanol–water partition coefficient (Wildman–Crippen LogP) is 4.79. The number of nitrogens with one attached hydrogen (secondary N) is 1. The van der Waals surface area contributed by atoms with Crippen LogP contribution in [0, 0.1) is 6.92 Å². The molecule has 1 aromatic heterocycles. The van der Waals surface area contributed by atoms with Crippen molar-refractivity contribution in [1.29, 1.82) is 0 Å². The molecule has 0 unspecified atom stereocenters. The molecule has 110 valence electrons. The highest BCUT2D eigenvalue weighted by Gasteiger charge is 2.00. The summed E-state index contributed by atoms with van der Waals surface area (Å²) in [5.74, 6) is 1.69. The van der Waals surface area contributed by atoms with E-state index in [9.17, 15) is 0 Å². The highest BCUT2D eigenvalue weighted by atomic mass is 16.5. The normalized spacial score (nSPS) is 10.2. The van der Waals surface area contributed by atoms with Crippen LogP contribution >= 0.6 is 0 Å². The van der Waals surface area contributed by atoms with Crippen molar-refractivity contribution < 1.29 is 4.74 Å². The molecule has 0 atom stereocenters. The summed E-state index contributed by atoms with van der Waals surface area (Å²) in [5, 5.41) is 3.40. The number of aromatic nitrogens is 1. The zero-order valence-electron chi connectivity index (χ0n) is 12.5. The molecule has 3 heteroatoms. The summed E-state index contributed by atoms with van der Waals surface area (Å²) in [7, 11) is 0. The van der Waals surface area contributed by atoms with Crippen molar-refractivity contribution in [2.75, 3.05) is 5.32 Å². The molecule has 0 aliphatic heterocycles. The molecule has 0 aliphatic rings. The van der Waals surface area contributed by atoms with Gasteiger partial charge < -0.3 is 10.1 Å². The summed E-state index contributed by atoms with van der Waals surface area (Å²) >= 11 is 0. The van der Waals surface area contributed by atoms with Crippen LogP contribution in [0.25, 0.3) is 0 Å². The Morgan fingerprint density at radius 2 is 1.73 bits per heavy atom. The smallest absolute Gasteiger partial charge is 0.127 e. The Labute approximate surface area is 130 Å². The number of ether oxygens (including phenoxy) is 1. The number of benzene rings is 2. The molecule has 0 fully saturated rings. The molecule has 1 N–H and O–H groups in total. The molecular formula is C19H18N2O. The lowest BCUT2D eigenvalue weighted by molar-refractivity contribution is 0.482. The van der Waals surface area contributed by atoms with Gasteiger partial charge in [0.2, 0.25) is 0 Å². The fraction of sp³-hybridized carbons (Fsp3) is 0.105. The molecule has 22 heavy (non-hydrogen) atoms. The third kappa shape index (κ3) is 3.85.